The first kappa shape index (κ1) is 14.1. The molecule has 19 heavy (non-hydrogen) atoms. The van der Waals surface area contributed by atoms with Gasteiger partial charge in [0.05, 0.1) is 11.8 Å². The maximum Gasteiger partial charge on any atom is 0.0995 e. The summed E-state index contributed by atoms with van der Waals surface area (Å²) in [7, 11) is 2.18. The lowest BCUT2D eigenvalue weighted by molar-refractivity contribution is 0.190. The van der Waals surface area contributed by atoms with Crippen LogP contribution >= 0.6 is 0 Å². The third kappa shape index (κ3) is 3.80. The van der Waals surface area contributed by atoms with E-state index >= 15 is 0 Å². The second-order valence-corrected chi connectivity index (χ2v) is 5.65. The number of hydrogen-bond donors (Lipinski definition) is 2. The zero-order valence-electron chi connectivity index (χ0n) is 11.8. The van der Waals surface area contributed by atoms with Gasteiger partial charge in [0.15, 0.2) is 0 Å². The first-order chi connectivity index (χ1) is 9.18. The number of nitrogens with zero attached hydrogens (tertiary/aromatic N) is 1. The van der Waals surface area contributed by atoms with Crippen molar-refractivity contribution in [2.45, 2.75) is 44.1 Å². The summed E-state index contributed by atoms with van der Waals surface area (Å²) in [5, 5.41) is 7.85. The molecule has 1 saturated carbocycles. The van der Waals surface area contributed by atoms with Crippen LogP contribution in [0.4, 0.5) is 0 Å². The smallest absolute Gasteiger partial charge is 0.0995 e. The molecule has 1 atom stereocenters. The highest BCUT2D eigenvalue weighted by molar-refractivity contribution is 5.84. The maximum absolute atomic E-state index is 7.85. The fraction of sp³-hybridized carbons (Fsp3) is 0.562. The molecule has 0 aromatic heterocycles. The van der Waals surface area contributed by atoms with Gasteiger partial charge in [-0.15, -0.1) is 0 Å². The summed E-state index contributed by atoms with van der Waals surface area (Å²) < 4.78 is 0. The van der Waals surface area contributed by atoms with Crippen LogP contribution in [0.3, 0.4) is 0 Å². The second kappa shape index (κ2) is 6.71. The van der Waals surface area contributed by atoms with E-state index in [1.807, 2.05) is 18.2 Å². The largest absolute Gasteiger partial charge is 0.387 e. The van der Waals surface area contributed by atoms with Gasteiger partial charge in [0.25, 0.3) is 0 Å². The molecule has 3 N–H and O–H groups in total. The summed E-state index contributed by atoms with van der Waals surface area (Å²) in [4.78, 5) is 2.40. The van der Waals surface area contributed by atoms with Crippen molar-refractivity contribution in [3.05, 3.63) is 35.9 Å². The minimum absolute atomic E-state index is 0.0214. The van der Waals surface area contributed by atoms with Gasteiger partial charge in [0.2, 0.25) is 0 Å². The Bertz CT molecular complexity index is 396. The van der Waals surface area contributed by atoms with Gasteiger partial charge in [-0.1, -0.05) is 49.6 Å². The van der Waals surface area contributed by atoms with Crippen LogP contribution in [0.2, 0.25) is 0 Å². The van der Waals surface area contributed by atoms with Crippen molar-refractivity contribution in [2.24, 2.45) is 5.73 Å². The number of amidine groups is 1. The SMILES string of the molecule is CN(CC(C(=N)N)c1ccccc1)C1CCCCC1. The fourth-order valence-electron chi connectivity index (χ4n) is 3.03. The summed E-state index contributed by atoms with van der Waals surface area (Å²) in [5.74, 6) is 0.294. The molecule has 0 bridgehead atoms. The standard InChI is InChI=1S/C16H25N3/c1-19(14-10-6-3-7-11-14)12-15(16(17)18)13-8-4-2-5-9-13/h2,4-5,8-9,14-15H,3,6-7,10-12H2,1H3,(H3,17,18). The number of rotatable bonds is 5. The summed E-state index contributed by atoms with van der Waals surface area (Å²) in [6.07, 6.45) is 6.63. The predicted molar refractivity (Wildman–Crippen MR) is 80.6 cm³/mol. The van der Waals surface area contributed by atoms with Crippen molar-refractivity contribution in [1.82, 2.24) is 4.90 Å². The molecule has 0 radical (unpaired) electrons. The summed E-state index contributed by atoms with van der Waals surface area (Å²) >= 11 is 0. The van der Waals surface area contributed by atoms with Gasteiger partial charge in [0.1, 0.15) is 0 Å². The monoisotopic (exact) mass is 259 g/mol. The minimum Gasteiger partial charge on any atom is -0.387 e. The lowest BCUT2D eigenvalue weighted by Crippen LogP contribution is -2.39. The highest BCUT2D eigenvalue weighted by Crippen LogP contribution is 2.24. The van der Waals surface area contributed by atoms with Gasteiger partial charge in [-0.05, 0) is 25.5 Å². The number of benzene rings is 1. The van der Waals surface area contributed by atoms with Gasteiger partial charge in [-0.25, -0.2) is 0 Å². The van der Waals surface area contributed by atoms with E-state index in [4.69, 9.17) is 11.1 Å². The van der Waals surface area contributed by atoms with Crippen molar-refractivity contribution >= 4 is 5.84 Å². The lowest BCUT2D eigenvalue weighted by Gasteiger charge is -2.33. The third-order valence-corrected chi connectivity index (χ3v) is 4.25. The minimum atomic E-state index is 0.0214. The zero-order chi connectivity index (χ0) is 13.7. The highest BCUT2D eigenvalue weighted by atomic mass is 15.1. The van der Waals surface area contributed by atoms with Crippen molar-refractivity contribution in [3.8, 4) is 0 Å². The van der Waals surface area contributed by atoms with Gasteiger partial charge < -0.3 is 10.6 Å². The summed E-state index contributed by atoms with van der Waals surface area (Å²) in [6, 6.07) is 10.9. The van der Waals surface area contributed by atoms with Crippen LogP contribution in [0, 0.1) is 5.41 Å². The van der Waals surface area contributed by atoms with Crippen molar-refractivity contribution < 1.29 is 0 Å². The van der Waals surface area contributed by atoms with Gasteiger partial charge in [0, 0.05) is 12.6 Å². The number of nitrogens with one attached hydrogen (secondary N) is 1. The molecule has 1 aliphatic carbocycles. The molecule has 1 aromatic carbocycles. The molecule has 1 aromatic rings. The Hall–Kier alpha value is -1.35. The first-order valence-corrected chi connectivity index (χ1v) is 7.27. The normalized spacial score (nSPS) is 18.4. The van der Waals surface area contributed by atoms with E-state index in [1.54, 1.807) is 0 Å². The maximum atomic E-state index is 7.85. The lowest BCUT2D eigenvalue weighted by atomic mass is 9.92. The van der Waals surface area contributed by atoms with E-state index in [0.717, 1.165) is 12.1 Å². The molecule has 104 valence electrons. The van der Waals surface area contributed by atoms with Crippen LogP contribution in [-0.4, -0.2) is 30.4 Å². The van der Waals surface area contributed by atoms with Crippen molar-refractivity contribution in [1.29, 1.82) is 5.41 Å². The zero-order valence-corrected chi connectivity index (χ0v) is 11.8. The average Bonchev–Trinajstić information content (AvgIpc) is 2.46. The molecule has 0 saturated heterocycles. The molecule has 0 heterocycles. The van der Waals surface area contributed by atoms with Crippen LogP contribution in [0.5, 0.6) is 0 Å². The van der Waals surface area contributed by atoms with Crippen molar-refractivity contribution in [3.63, 3.8) is 0 Å². The highest BCUT2D eigenvalue weighted by Gasteiger charge is 2.23. The average molecular weight is 259 g/mol. The molecule has 3 heteroatoms. The van der Waals surface area contributed by atoms with Crippen LogP contribution in [0.25, 0.3) is 0 Å². The number of likely N-dealkylation sites (N-methyl/N-ethyl adjacent to an activating group) is 1. The molecule has 0 spiro atoms. The quantitative estimate of drug-likeness (QED) is 0.631. The van der Waals surface area contributed by atoms with Crippen LogP contribution in [-0.2, 0) is 0 Å². The van der Waals surface area contributed by atoms with E-state index in [2.05, 4.69) is 24.1 Å². The Morgan fingerprint density at radius 2 is 1.89 bits per heavy atom. The van der Waals surface area contributed by atoms with Crippen LogP contribution < -0.4 is 5.73 Å². The molecular formula is C16H25N3. The molecular weight excluding hydrogens is 234 g/mol. The topological polar surface area (TPSA) is 53.1 Å². The molecule has 2 rings (SSSR count). The van der Waals surface area contributed by atoms with Gasteiger partial charge in [-0.2, -0.15) is 0 Å². The third-order valence-electron chi connectivity index (χ3n) is 4.25. The second-order valence-electron chi connectivity index (χ2n) is 5.65. The Kier molecular flexibility index (Phi) is 4.97. The molecule has 1 unspecified atom stereocenters. The molecule has 1 fully saturated rings. The molecule has 0 aliphatic heterocycles. The van der Waals surface area contributed by atoms with Gasteiger partial charge in [-0.3, -0.25) is 5.41 Å². The van der Waals surface area contributed by atoms with E-state index in [9.17, 15) is 0 Å². The van der Waals surface area contributed by atoms with E-state index in [1.165, 1.54) is 32.1 Å². The van der Waals surface area contributed by atoms with Crippen LogP contribution in [0.15, 0.2) is 30.3 Å². The van der Waals surface area contributed by atoms with Gasteiger partial charge >= 0.3 is 0 Å². The molecule has 1 aliphatic rings. The molecule has 0 amide bonds. The van der Waals surface area contributed by atoms with Crippen LogP contribution in [0.1, 0.15) is 43.6 Å². The first-order valence-electron chi connectivity index (χ1n) is 7.27. The fourth-order valence-corrected chi connectivity index (χ4v) is 3.03. The number of nitrogens with two attached hydrogens (primary N) is 1. The van der Waals surface area contributed by atoms with E-state index < -0.39 is 0 Å². The predicted octanol–water partition coefficient (Wildman–Crippen LogP) is 2.97. The Morgan fingerprint density at radius 3 is 2.47 bits per heavy atom. The molecule has 3 nitrogen and oxygen atoms in total. The van der Waals surface area contributed by atoms with Crippen molar-refractivity contribution in [2.75, 3.05) is 13.6 Å². The Labute approximate surface area is 116 Å². The summed E-state index contributed by atoms with van der Waals surface area (Å²) in [6.45, 7) is 0.851. The van der Waals surface area contributed by atoms with E-state index in [0.29, 0.717) is 6.04 Å². The summed E-state index contributed by atoms with van der Waals surface area (Å²) in [5.41, 5.74) is 6.95. The Balaban J connectivity index is 2.02. The number of hydrogen-bond acceptors (Lipinski definition) is 2. The van der Waals surface area contributed by atoms with E-state index in [-0.39, 0.29) is 11.8 Å². The Morgan fingerprint density at radius 1 is 1.26 bits per heavy atom.